The predicted octanol–water partition coefficient (Wildman–Crippen LogP) is 0.539. The molecule has 0 saturated carbocycles. The molecule has 0 fully saturated rings. The van der Waals surface area contributed by atoms with E-state index in [1.165, 1.54) is 0 Å². The molecule has 11 heavy (non-hydrogen) atoms. The fourth-order valence-electron chi connectivity index (χ4n) is 0.478. The van der Waals surface area contributed by atoms with Gasteiger partial charge in [0.05, 0.1) is 0 Å². The fourth-order valence-corrected chi connectivity index (χ4v) is 1.19. The molecule has 0 aromatic carbocycles. The first-order valence-electron chi connectivity index (χ1n) is 3.24. The molecule has 5 heteroatoms. The van der Waals surface area contributed by atoms with Crippen LogP contribution in [0.4, 0.5) is 0 Å². The molecule has 3 N–H and O–H groups in total. The van der Waals surface area contributed by atoms with Crippen LogP contribution in [0.3, 0.4) is 0 Å². The minimum Gasteiger partial charge on any atom is -0.480 e. The molecule has 1 atom stereocenters. The van der Waals surface area contributed by atoms with Gasteiger partial charge in [0, 0.05) is 19.5 Å². The first-order chi connectivity index (χ1) is 4.68. The van der Waals surface area contributed by atoms with E-state index in [0.29, 0.717) is 6.42 Å². The van der Waals surface area contributed by atoms with Crippen LogP contribution in [0.15, 0.2) is 0 Å². The molecule has 0 aliphatic rings. The number of thioether (sulfide) groups is 1. The smallest absolute Gasteiger partial charge is 0.320 e. The van der Waals surface area contributed by atoms with Crippen LogP contribution in [0, 0.1) is 0 Å². The van der Waals surface area contributed by atoms with E-state index in [1.54, 1.807) is 11.8 Å². The van der Waals surface area contributed by atoms with Gasteiger partial charge in [0.15, 0.2) is 0 Å². The first-order valence-corrected chi connectivity index (χ1v) is 4.40. The molecule has 0 aliphatic carbocycles. The van der Waals surface area contributed by atoms with E-state index >= 15 is 0 Å². The van der Waals surface area contributed by atoms with Crippen molar-refractivity contribution >= 4 is 17.7 Å². The molecule has 0 saturated heterocycles. The number of hydrogen-bond donors (Lipinski definition) is 2. The van der Waals surface area contributed by atoms with Gasteiger partial charge >= 0.3 is 5.97 Å². The molecule has 0 aliphatic heterocycles. The third-order valence-electron chi connectivity index (χ3n) is 1.09. The van der Waals surface area contributed by atoms with Crippen molar-refractivity contribution in [3.8, 4) is 0 Å². The summed E-state index contributed by atoms with van der Waals surface area (Å²) >= 11 is 1.71. The van der Waals surface area contributed by atoms with E-state index in [4.69, 9.17) is 10.8 Å². The number of carboxylic acids is 1. The molecule has 0 rings (SSSR count). The second-order valence-electron chi connectivity index (χ2n) is 1.93. The summed E-state index contributed by atoms with van der Waals surface area (Å²) in [5.74, 6) is 0.952. The average molecular weight is 229 g/mol. The molecule has 3 nitrogen and oxygen atoms in total. The summed E-state index contributed by atoms with van der Waals surface area (Å²) in [6, 6.07) is -0.681. The normalized spacial score (nSPS) is 11.8. The molecule has 0 unspecified atom stereocenters. The van der Waals surface area contributed by atoms with Crippen LogP contribution in [0.2, 0.25) is 0 Å². The Bertz CT molecular complexity index is 113. The van der Waals surface area contributed by atoms with Crippen molar-refractivity contribution in [1.29, 1.82) is 0 Å². The first kappa shape index (κ1) is 14.0. The number of hydrogen-bond acceptors (Lipinski definition) is 3. The Morgan fingerprint density at radius 1 is 1.73 bits per heavy atom. The number of rotatable bonds is 5. The molecular weight excluding hydrogens is 216 g/mol. The van der Waals surface area contributed by atoms with Crippen molar-refractivity contribution in [3.05, 3.63) is 0 Å². The van der Waals surface area contributed by atoms with Crippen molar-refractivity contribution in [2.24, 2.45) is 5.73 Å². The zero-order chi connectivity index (χ0) is 7.98. The van der Waals surface area contributed by atoms with Gasteiger partial charge in [-0.25, -0.2) is 0 Å². The van der Waals surface area contributed by atoms with Crippen LogP contribution in [0.25, 0.3) is 0 Å². The Morgan fingerprint density at radius 3 is 2.64 bits per heavy atom. The predicted molar refractivity (Wildman–Crippen MR) is 43.2 cm³/mol. The monoisotopic (exact) mass is 227 g/mol. The summed E-state index contributed by atoms with van der Waals surface area (Å²) in [7, 11) is 0. The van der Waals surface area contributed by atoms with Gasteiger partial charge < -0.3 is 10.8 Å². The van der Waals surface area contributed by atoms with E-state index in [-0.39, 0.29) is 19.5 Å². The van der Waals surface area contributed by atoms with Gasteiger partial charge in [0.25, 0.3) is 0 Å². The Kier molecular flexibility index (Phi) is 10.8. The molecule has 0 aromatic rings. The topological polar surface area (TPSA) is 63.3 Å². The summed E-state index contributed by atoms with van der Waals surface area (Å²) in [6.07, 6.45) is 0.563. The van der Waals surface area contributed by atoms with Gasteiger partial charge in [-0.15, -0.1) is 0 Å². The summed E-state index contributed by atoms with van der Waals surface area (Å²) < 4.78 is 0. The SMILES string of the molecule is CCSCC[C@H](N)C(=O)O.[Zn]. The third-order valence-corrected chi connectivity index (χ3v) is 2.03. The van der Waals surface area contributed by atoms with Crippen LogP contribution in [-0.4, -0.2) is 28.6 Å². The second-order valence-corrected chi connectivity index (χ2v) is 3.32. The molecular formula is C6H13NO2SZn. The van der Waals surface area contributed by atoms with Gasteiger partial charge in [-0.3, -0.25) is 4.79 Å². The van der Waals surface area contributed by atoms with Crippen molar-refractivity contribution in [1.82, 2.24) is 0 Å². The van der Waals surface area contributed by atoms with E-state index in [9.17, 15) is 4.79 Å². The number of carboxylic acid groups (broad SMARTS) is 1. The standard InChI is InChI=1S/C6H13NO2S.Zn/c1-2-10-4-3-5(7)6(8)9;/h5H,2-4,7H2,1H3,(H,8,9);/t5-;/m0./s1. The Morgan fingerprint density at radius 2 is 2.27 bits per heavy atom. The van der Waals surface area contributed by atoms with Crippen LogP contribution < -0.4 is 5.73 Å². The van der Waals surface area contributed by atoms with Gasteiger partial charge in [0.1, 0.15) is 6.04 Å². The molecule has 0 heterocycles. The third kappa shape index (κ3) is 8.31. The summed E-state index contributed by atoms with van der Waals surface area (Å²) in [4.78, 5) is 10.2. The Hall–Kier alpha value is 0.403. The van der Waals surface area contributed by atoms with Crippen molar-refractivity contribution in [2.75, 3.05) is 11.5 Å². The van der Waals surface area contributed by atoms with E-state index < -0.39 is 12.0 Å². The van der Waals surface area contributed by atoms with Crippen LogP contribution >= 0.6 is 11.8 Å². The van der Waals surface area contributed by atoms with Gasteiger partial charge in [0.2, 0.25) is 0 Å². The Balaban J connectivity index is 0. The van der Waals surface area contributed by atoms with Crippen LogP contribution in [-0.2, 0) is 24.3 Å². The van der Waals surface area contributed by atoms with Gasteiger partial charge in [-0.1, -0.05) is 6.92 Å². The minimum absolute atomic E-state index is 0. The largest absolute Gasteiger partial charge is 0.480 e. The fraction of sp³-hybridized carbons (Fsp3) is 0.833. The van der Waals surface area contributed by atoms with Gasteiger partial charge in [-0.2, -0.15) is 11.8 Å². The quantitative estimate of drug-likeness (QED) is 0.533. The van der Waals surface area contributed by atoms with E-state index in [0.717, 1.165) is 11.5 Å². The summed E-state index contributed by atoms with van der Waals surface area (Å²) in [5.41, 5.74) is 5.24. The molecule has 62 valence electrons. The average Bonchev–Trinajstić information content (AvgIpc) is 1.88. The Labute approximate surface area is 83.9 Å². The van der Waals surface area contributed by atoms with Crippen LogP contribution in [0.1, 0.15) is 13.3 Å². The van der Waals surface area contributed by atoms with Crippen molar-refractivity contribution in [2.45, 2.75) is 19.4 Å². The number of aliphatic carboxylic acids is 1. The molecule has 0 radical (unpaired) electrons. The number of carbonyl (C=O) groups is 1. The molecule has 0 spiro atoms. The van der Waals surface area contributed by atoms with Crippen LogP contribution in [0.5, 0.6) is 0 Å². The number of nitrogens with two attached hydrogens (primary N) is 1. The maximum Gasteiger partial charge on any atom is 0.320 e. The summed E-state index contributed by atoms with van der Waals surface area (Å²) in [6.45, 7) is 2.04. The minimum atomic E-state index is -0.906. The van der Waals surface area contributed by atoms with Crippen molar-refractivity contribution in [3.63, 3.8) is 0 Å². The second kappa shape index (κ2) is 8.50. The van der Waals surface area contributed by atoms with E-state index in [2.05, 4.69) is 0 Å². The molecule has 0 bridgehead atoms. The van der Waals surface area contributed by atoms with Gasteiger partial charge in [-0.05, 0) is 17.9 Å². The van der Waals surface area contributed by atoms with Crippen molar-refractivity contribution < 1.29 is 29.4 Å². The summed E-state index contributed by atoms with van der Waals surface area (Å²) in [5, 5.41) is 8.35. The maximum atomic E-state index is 10.2. The molecule has 0 aromatic heterocycles. The molecule has 0 amide bonds. The van der Waals surface area contributed by atoms with E-state index in [1.807, 2.05) is 6.92 Å². The maximum absolute atomic E-state index is 10.2. The zero-order valence-electron chi connectivity index (χ0n) is 6.75. The zero-order valence-corrected chi connectivity index (χ0v) is 10.5.